The quantitative estimate of drug-likeness (QED) is 0.668. The molecule has 4 heteroatoms. The number of alkyl halides is 1. The summed E-state index contributed by atoms with van der Waals surface area (Å²) in [6, 6.07) is 0. The Morgan fingerprint density at radius 2 is 2.08 bits per heavy atom. The summed E-state index contributed by atoms with van der Waals surface area (Å²) in [5.74, 6) is 0.964. The normalized spacial score (nSPS) is 28.6. The van der Waals surface area contributed by atoms with Crippen LogP contribution in [0.15, 0.2) is 0 Å². The lowest BCUT2D eigenvalue weighted by molar-refractivity contribution is 0.525. The molecule has 1 aliphatic rings. The highest BCUT2D eigenvalue weighted by Gasteiger charge is 2.27. The van der Waals surface area contributed by atoms with Gasteiger partial charge in [-0.05, 0) is 25.7 Å². The maximum absolute atomic E-state index is 11.4. The number of rotatable bonds is 3. The van der Waals surface area contributed by atoms with Gasteiger partial charge < -0.3 is 0 Å². The van der Waals surface area contributed by atoms with Crippen LogP contribution in [0.3, 0.4) is 0 Å². The Kier molecular flexibility index (Phi) is 3.84. The van der Waals surface area contributed by atoms with Gasteiger partial charge in [-0.1, -0.05) is 6.42 Å². The topological polar surface area (TPSA) is 34.1 Å². The third-order valence-electron chi connectivity index (χ3n) is 2.37. The molecule has 1 aliphatic heterocycles. The molecule has 0 aromatic heterocycles. The van der Waals surface area contributed by atoms with Crippen molar-refractivity contribution in [2.24, 2.45) is 0 Å². The molecule has 2 nitrogen and oxygen atoms in total. The number of hydrogen-bond acceptors (Lipinski definition) is 2. The molecule has 0 spiro atoms. The molecule has 1 rings (SSSR count). The molecule has 0 saturated carbocycles. The highest BCUT2D eigenvalue weighted by molar-refractivity contribution is 7.92. The van der Waals surface area contributed by atoms with Gasteiger partial charge in [-0.25, -0.2) is 8.42 Å². The Morgan fingerprint density at radius 1 is 1.33 bits per heavy atom. The highest BCUT2D eigenvalue weighted by atomic mass is 35.5. The van der Waals surface area contributed by atoms with Crippen molar-refractivity contribution in [3.8, 4) is 0 Å². The molecule has 1 heterocycles. The van der Waals surface area contributed by atoms with E-state index in [1.807, 2.05) is 0 Å². The van der Waals surface area contributed by atoms with Crippen LogP contribution in [0.4, 0.5) is 0 Å². The van der Waals surface area contributed by atoms with Gasteiger partial charge in [0.05, 0.1) is 11.0 Å². The summed E-state index contributed by atoms with van der Waals surface area (Å²) in [7, 11) is -2.75. The van der Waals surface area contributed by atoms with Gasteiger partial charge >= 0.3 is 0 Å². The van der Waals surface area contributed by atoms with E-state index in [0.29, 0.717) is 11.6 Å². The fourth-order valence-corrected chi connectivity index (χ4v) is 3.80. The minimum Gasteiger partial charge on any atom is -0.229 e. The van der Waals surface area contributed by atoms with Gasteiger partial charge in [-0.2, -0.15) is 0 Å². The van der Waals surface area contributed by atoms with Gasteiger partial charge in [-0.3, -0.25) is 0 Å². The Balaban J connectivity index is 2.49. The van der Waals surface area contributed by atoms with Crippen molar-refractivity contribution in [2.45, 2.75) is 37.4 Å². The molecule has 0 aromatic carbocycles. The highest BCUT2D eigenvalue weighted by Crippen LogP contribution is 2.23. The van der Waals surface area contributed by atoms with Crippen LogP contribution in [0.5, 0.6) is 0 Å². The van der Waals surface area contributed by atoms with Crippen LogP contribution >= 0.6 is 11.6 Å². The van der Waals surface area contributed by atoms with Gasteiger partial charge in [-0.15, -0.1) is 11.6 Å². The van der Waals surface area contributed by atoms with Crippen molar-refractivity contribution in [1.82, 2.24) is 0 Å². The first-order valence-electron chi connectivity index (χ1n) is 4.44. The lowest BCUT2D eigenvalue weighted by Crippen LogP contribution is -2.28. The zero-order chi connectivity index (χ0) is 9.03. The predicted octanol–water partition coefficient (Wildman–Crippen LogP) is 1.97. The predicted molar refractivity (Wildman–Crippen MR) is 51.4 cm³/mol. The first kappa shape index (κ1) is 10.3. The van der Waals surface area contributed by atoms with E-state index in [4.69, 9.17) is 11.6 Å². The number of hydrogen-bond donors (Lipinski definition) is 0. The number of sulfone groups is 1. The smallest absolute Gasteiger partial charge is 0.153 e. The molecule has 0 N–H and O–H groups in total. The minimum absolute atomic E-state index is 0.0926. The summed E-state index contributed by atoms with van der Waals surface area (Å²) in [6.07, 6.45) is 4.34. The monoisotopic (exact) mass is 210 g/mol. The van der Waals surface area contributed by atoms with E-state index in [9.17, 15) is 8.42 Å². The lowest BCUT2D eigenvalue weighted by Gasteiger charge is -2.21. The Morgan fingerprint density at radius 3 is 2.67 bits per heavy atom. The molecule has 0 aromatic rings. The second-order valence-corrected chi connectivity index (χ2v) is 6.09. The first-order valence-corrected chi connectivity index (χ1v) is 6.69. The Labute approximate surface area is 79.2 Å². The molecule has 1 fully saturated rings. The van der Waals surface area contributed by atoms with Crippen LogP contribution in [0, 0.1) is 0 Å². The molecule has 12 heavy (non-hydrogen) atoms. The van der Waals surface area contributed by atoms with Gasteiger partial charge in [0.15, 0.2) is 9.84 Å². The van der Waals surface area contributed by atoms with E-state index in [-0.39, 0.29) is 5.25 Å². The molecule has 1 saturated heterocycles. The van der Waals surface area contributed by atoms with Crippen LogP contribution in [-0.2, 0) is 9.84 Å². The largest absolute Gasteiger partial charge is 0.229 e. The first-order chi connectivity index (χ1) is 5.67. The fourth-order valence-electron chi connectivity index (χ4n) is 1.65. The molecule has 1 atom stereocenters. The van der Waals surface area contributed by atoms with Crippen molar-refractivity contribution in [3.05, 3.63) is 0 Å². The zero-order valence-corrected chi connectivity index (χ0v) is 8.70. The third-order valence-corrected chi connectivity index (χ3v) is 4.98. The van der Waals surface area contributed by atoms with Crippen LogP contribution in [0.1, 0.15) is 32.1 Å². The van der Waals surface area contributed by atoms with Gasteiger partial charge in [0.25, 0.3) is 0 Å². The van der Waals surface area contributed by atoms with Gasteiger partial charge in [0, 0.05) is 5.88 Å². The lowest BCUT2D eigenvalue weighted by atomic mass is 10.1. The molecular formula is C8H15ClO2S. The second kappa shape index (κ2) is 4.47. The number of halogens is 1. The fraction of sp³-hybridized carbons (Fsp3) is 1.00. The molecule has 0 radical (unpaired) electrons. The van der Waals surface area contributed by atoms with E-state index in [1.165, 1.54) is 0 Å². The van der Waals surface area contributed by atoms with Crippen LogP contribution in [0.25, 0.3) is 0 Å². The van der Waals surface area contributed by atoms with E-state index in [1.54, 1.807) is 0 Å². The summed E-state index contributed by atoms with van der Waals surface area (Å²) in [5.41, 5.74) is 0. The molecule has 0 aliphatic carbocycles. The molecule has 0 bridgehead atoms. The summed E-state index contributed by atoms with van der Waals surface area (Å²) >= 11 is 5.52. The van der Waals surface area contributed by atoms with Crippen molar-refractivity contribution in [1.29, 1.82) is 0 Å². The van der Waals surface area contributed by atoms with Gasteiger partial charge in [0.1, 0.15) is 0 Å². The average molecular weight is 211 g/mol. The van der Waals surface area contributed by atoms with Crippen LogP contribution in [-0.4, -0.2) is 25.3 Å². The van der Waals surface area contributed by atoms with Crippen molar-refractivity contribution < 1.29 is 8.42 Å². The summed E-state index contributed by atoms with van der Waals surface area (Å²) in [5, 5.41) is -0.0926. The molecular weight excluding hydrogens is 196 g/mol. The van der Waals surface area contributed by atoms with Crippen molar-refractivity contribution >= 4 is 21.4 Å². The third kappa shape index (κ3) is 2.63. The zero-order valence-electron chi connectivity index (χ0n) is 7.13. The van der Waals surface area contributed by atoms with E-state index >= 15 is 0 Å². The van der Waals surface area contributed by atoms with E-state index < -0.39 is 9.84 Å². The second-order valence-electron chi connectivity index (χ2n) is 3.32. The molecule has 0 amide bonds. The minimum atomic E-state index is -2.75. The van der Waals surface area contributed by atoms with Crippen LogP contribution in [0.2, 0.25) is 0 Å². The summed E-state index contributed by atoms with van der Waals surface area (Å²) < 4.78 is 22.9. The van der Waals surface area contributed by atoms with Crippen molar-refractivity contribution in [2.75, 3.05) is 11.6 Å². The van der Waals surface area contributed by atoms with Crippen LogP contribution < -0.4 is 0 Å². The Bertz CT molecular complexity index is 223. The SMILES string of the molecule is O=S1(=O)CCCCC1CCCCl. The maximum Gasteiger partial charge on any atom is 0.153 e. The average Bonchev–Trinajstić information content (AvgIpc) is 2.02. The summed E-state index contributed by atoms with van der Waals surface area (Å²) in [6.45, 7) is 0. The Hall–Kier alpha value is 0.240. The molecule has 1 unspecified atom stereocenters. The van der Waals surface area contributed by atoms with E-state index in [2.05, 4.69) is 0 Å². The maximum atomic E-state index is 11.4. The molecule has 72 valence electrons. The van der Waals surface area contributed by atoms with E-state index in [0.717, 1.165) is 32.1 Å². The van der Waals surface area contributed by atoms with Crippen molar-refractivity contribution in [3.63, 3.8) is 0 Å². The van der Waals surface area contributed by atoms with Gasteiger partial charge in [0.2, 0.25) is 0 Å². The standard InChI is InChI=1S/C8H15ClO2S/c9-6-3-5-8-4-1-2-7-12(8,10)11/h8H,1-7H2. The summed E-state index contributed by atoms with van der Waals surface area (Å²) in [4.78, 5) is 0.